The third-order valence-electron chi connectivity index (χ3n) is 9.23. The van der Waals surface area contributed by atoms with Gasteiger partial charge in [0.1, 0.15) is 24.3 Å². The molecule has 1 amide bonds. The van der Waals surface area contributed by atoms with Crippen LogP contribution in [0.4, 0.5) is 4.39 Å². The number of aliphatic hydroxyl groups excluding tert-OH is 1. The van der Waals surface area contributed by atoms with Gasteiger partial charge >= 0.3 is 0 Å². The fourth-order valence-corrected chi connectivity index (χ4v) is 7.01. The summed E-state index contributed by atoms with van der Waals surface area (Å²) in [6.45, 7) is 6.03. The fraction of sp³-hybridized carbons (Fsp3) is 0.600. The van der Waals surface area contributed by atoms with E-state index in [1.165, 1.54) is 0 Å². The van der Waals surface area contributed by atoms with E-state index in [9.17, 15) is 19.8 Å². The highest BCUT2D eigenvalue weighted by Crippen LogP contribution is 2.62. The van der Waals surface area contributed by atoms with Crippen LogP contribution >= 0.6 is 0 Å². The fourth-order valence-electron chi connectivity index (χ4n) is 7.01. The van der Waals surface area contributed by atoms with Crippen molar-refractivity contribution in [2.75, 3.05) is 20.3 Å². The Bertz CT molecular complexity index is 1090. The first-order valence-electron chi connectivity index (χ1n) is 13.5. The van der Waals surface area contributed by atoms with Gasteiger partial charge in [0.25, 0.3) is 5.91 Å². The monoisotopic (exact) mass is 529 g/mol. The second kappa shape index (κ2) is 11.2. The minimum Gasteiger partial charge on any atom is -0.497 e. The number of alkyl halides is 1. The minimum atomic E-state index is -1.76. The molecule has 0 heterocycles. The number of allylic oxidation sites excluding steroid dienone is 4. The summed E-state index contributed by atoms with van der Waals surface area (Å²) in [7, 11) is 1.58. The molecule has 2 saturated carbocycles. The lowest BCUT2D eigenvalue weighted by atomic mass is 9.57. The molecule has 0 saturated heterocycles. The van der Waals surface area contributed by atoms with Gasteiger partial charge in [0.2, 0.25) is 0 Å². The number of rotatable bonds is 9. The van der Waals surface area contributed by atoms with Crippen molar-refractivity contribution in [1.29, 1.82) is 0 Å². The van der Waals surface area contributed by atoms with Crippen molar-refractivity contribution in [1.82, 2.24) is 5.32 Å². The first-order valence-corrected chi connectivity index (χ1v) is 13.5. The highest BCUT2D eigenvalue weighted by Gasteiger charge is 2.69. The lowest BCUT2D eigenvalue weighted by Gasteiger charge is -2.51. The van der Waals surface area contributed by atoms with Crippen molar-refractivity contribution in [3.05, 3.63) is 48.1 Å². The Hall–Kier alpha value is -2.71. The molecule has 208 valence electrons. The standard InChI is InChI=1S/C30H40FNO6/c1-18-5-7-21(33)16-20(18)6-12-24-25-15-19(2)30(36,29(25,3)17-26(34)27(24)31)28(35)32-13-14-38-23-10-8-22(37-4)9-11-23/h5,7-11,16,18-19,24-27,34,36H,6,12-15,17H2,1-4H3,(H,32,35). The van der Waals surface area contributed by atoms with Crippen molar-refractivity contribution in [3.63, 3.8) is 0 Å². The van der Waals surface area contributed by atoms with Gasteiger partial charge in [-0.05, 0) is 85.8 Å². The summed E-state index contributed by atoms with van der Waals surface area (Å²) in [6, 6.07) is 7.10. The molecule has 1 aromatic rings. The number of fused-ring (bicyclic) bond motifs is 1. The van der Waals surface area contributed by atoms with Crippen LogP contribution in [0.3, 0.4) is 0 Å². The van der Waals surface area contributed by atoms with Crippen LogP contribution in [0.5, 0.6) is 11.5 Å². The lowest BCUT2D eigenvalue weighted by molar-refractivity contribution is -0.177. The number of carbonyl (C=O) groups excluding carboxylic acids is 2. The Morgan fingerprint density at radius 1 is 1.21 bits per heavy atom. The van der Waals surface area contributed by atoms with Gasteiger partial charge in [-0.15, -0.1) is 0 Å². The van der Waals surface area contributed by atoms with Crippen LogP contribution in [0.25, 0.3) is 0 Å². The van der Waals surface area contributed by atoms with Crippen LogP contribution in [-0.4, -0.2) is 60.0 Å². The van der Waals surface area contributed by atoms with E-state index in [1.807, 2.05) is 26.8 Å². The van der Waals surface area contributed by atoms with Crippen LogP contribution in [0.15, 0.2) is 48.1 Å². The molecular formula is C30H40FNO6. The van der Waals surface area contributed by atoms with Gasteiger partial charge in [-0.3, -0.25) is 9.59 Å². The van der Waals surface area contributed by atoms with Gasteiger partial charge in [0.15, 0.2) is 11.4 Å². The third-order valence-corrected chi connectivity index (χ3v) is 9.23. The number of nitrogens with one attached hydrogen (secondary N) is 1. The minimum absolute atomic E-state index is 0.00621. The molecule has 8 heteroatoms. The van der Waals surface area contributed by atoms with E-state index in [0.29, 0.717) is 30.8 Å². The molecule has 0 aromatic heterocycles. The molecule has 3 aliphatic rings. The first kappa shape index (κ1) is 28.3. The zero-order chi connectivity index (χ0) is 27.7. The maximum Gasteiger partial charge on any atom is 0.252 e. The number of aliphatic hydroxyl groups is 2. The molecule has 8 atom stereocenters. The van der Waals surface area contributed by atoms with E-state index in [4.69, 9.17) is 9.47 Å². The van der Waals surface area contributed by atoms with Crippen LogP contribution in [0.1, 0.15) is 46.5 Å². The highest BCUT2D eigenvalue weighted by molar-refractivity contribution is 6.00. The Morgan fingerprint density at radius 2 is 1.89 bits per heavy atom. The van der Waals surface area contributed by atoms with Crippen LogP contribution in [0.2, 0.25) is 0 Å². The van der Waals surface area contributed by atoms with Gasteiger partial charge < -0.3 is 25.0 Å². The molecular weight excluding hydrogens is 489 g/mol. The van der Waals surface area contributed by atoms with Crippen LogP contribution in [0, 0.1) is 29.1 Å². The van der Waals surface area contributed by atoms with Gasteiger partial charge in [0, 0.05) is 5.41 Å². The smallest absolute Gasteiger partial charge is 0.252 e. The van der Waals surface area contributed by atoms with Gasteiger partial charge in [-0.2, -0.15) is 0 Å². The van der Waals surface area contributed by atoms with E-state index in [0.717, 1.165) is 5.57 Å². The van der Waals surface area contributed by atoms with Gasteiger partial charge in [-0.25, -0.2) is 4.39 Å². The third kappa shape index (κ3) is 5.13. The molecule has 38 heavy (non-hydrogen) atoms. The Balaban J connectivity index is 1.43. The molecule has 4 rings (SSSR count). The van der Waals surface area contributed by atoms with Crippen molar-refractivity contribution in [2.45, 2.75) is 64.3 Å². The largest absolute Gasteiger partial charge is 0.497 e. The van der Waals surface area contributed by atoms with E-state index in [-0.39, 0.29) is 37.2 Å². The van der Waals surface area contributed by atoms with E-state index >= 15 is 4.39 Å². The summed E-state index contributed by atoms with van der Waals surface area (Å²) in [4.78, 5) is 25.3. The van der Waals surface area contributed by atoms with Gasteiger partial charge in [-0.1, -0.05) is 32.4 Å². The van der Waals surface area contributed by atoms with Gasteiger partial charge in [0.05, 0.1) is 19.8 Å². The summed E-state index contributed by atoms with van der Waals surface area (Å²) >= 11 is 0. The SMILES string of the molecule is COc1ccc(OCCNC(=O)C2(O)C(C)CC3C(CCC4=CC(=O)C=CC4C)C(F)C(O)CC32C)cc1. The van der Waals surface area contributed by atoms with E-state index < -0.39 is 41.0 Å². The summed E-state index contributed by atoms with van der Waals surface area (Å²) in [5, 5.41) is 25.5. The Morgan fingerprint density at radius 3 is 2.58 bits per heavy atom. The Labute approximate surface area is 224 Å². The average molecular weight is 530 g/mol. The molecule has 0 radical (unpaired) electrons. The number of ether oxygens (including phenoxy) is 2. The first-order chi connectivity index (χ1) is 18.0. The Kier molecular flexibility index (Phi) is 8.33. The van der Waals surface area contributed by atoms with Crippen LogP contribution < -0.4 is 14.8 Å². The quantitative estimate of drug-likeness (QED) is 0.421. The molecule has 7 nitrogen and oxygen atoms in total. The molecule has 0 spiro atoms. The number of halogens is 1. The highest BCUT2D eigenvalue weighted by atomic mass is 19.1. The molecule has 0 bridgehead atoms. The van der Waals surface area contributed by atoms with Crippen molar-refractivity contribution < 1.29 is 33.7 Å². The molecule has 3 aliphatic carbocycles. The predicted octanol–water partition coefficient (Wildman–Crippen LogP) is 3.78. The lowest BCUT2D eigenvalue weighted by Crippen LogP contribution is -2.63. The molecule has 1 aromatic carbocycles. The second-order valence-electron chi connectivity index (χ2n) is 11.4. The summed E-state index contributed by atoms with van der Waals surface area (Å²) in [5.74, 6) is -0.380. The molecule has 0 aliphatic heterocycles. The number of ketones is 1. The second-order valence-corrected chi connectivity index (χ2v) is 11.4. The number of hydrogen-bond donors (Lipinski definition) is 3. The molecule has 8 unspecified atom stereocenters. The number of benzene rings is 1. The van der Waals surface area contributed by atoms with Crippen molar-refractivity contribution in [2.24, 2.45) is 29.1 Å². The number of methoxy groups -OCH3 is 1. The van der Waals surface area contributed by atoms with E-state index in [2.05, 4.69) is 5.32 Å². The maximum atomic E-state index is 15.5. The van der Waals surface area contributed by atoms with Crippen LogP contribution in [-0.2, 0) is 9.59 Å². The zero-order valence-electron chi connectivity index (χ0n) is 22.7. The van der Waals surface area contributed by atoms with Crippen molar-refractivity contribution >= 4 is 11.7 Å². The normalized spacial score (nSPS) is 36.4. The summed E-state index contributed by atoms with van der Waals surface area (Å²) in [5.41, 5.74) is -1.81. The van der Waals surface area contributed by atoms with E-state index in [1.54, 1.807) is 43.5 Å². The number of hydrogen-bond acceptors (Lipinski definition) is 6. The van der Waals surface area contributed by atoms with Crippen molar-refractivity contribution in [3.8, 4) is 11.5 Å². The summed E-state index contributed by atoms with van der Waals surface area (Å²) in [6.07, 6.45) is 3.75. The molecule has 2 fully saturated rings. The maximum absolute atomic E-state index is 15.5. The number of amides is 1. The average Bonchev–Trinajstić information content (AvgIpc) is 3.10. The predicted molar refractivity (Wildman–Crippen MR) is 141 cm³/mol. The summed E-state index contributed by atoms with van der Waals surface area (Å²) < 4.78 is 26.3. The zero-order valence-corrected chi connectivity index (χ0v) is 22.7. The number of carbonyl (C=O) groups is 2. The topological polar surface area (TPSA) is 105 Å². The molecule has 3 N–H and O–H groups in total.